The molecule has 1 aromatic rings. The minimum atomic E-state index is -3.76. The minimum absolute atomic E-state index is 0.0167. The van der Waals surface area contributed by atoms with E-state index >= 15 is 0 Å². The number of hydrogen-bond acceptors (Lipinski definition) is 4. The van der Waals surface area contributed by atoms with Gasteiger partial charge in [-0.1, -0.05) is 0 Å². The normalized spacial score (nSPS) is 13.4. The highest BCUT2D eigenvalue weighted by molar-refractivity contribution is 7.89. The SMILES string of the molecule is CNCc1cc(F)c(C)c(S(=O)(=O)NC(C)CCOC)c1. The van der Waals surface area contributed by atoms with E-state index in [4.69, 9.17) is 4.74 Å². The molecule has 1 aromatic carbocycles. The monoisotopic (exact) mass is 318 g/mol. The Morgan fingerprint density at radius 1 is 1.38 bits per heavy atom. The molecular weight excluding hydrogens is 295 g/mol. The maximum atomic E-state index is 13.9. The second-order valence-electron chi connectivity index (χ2n) is 5.03. The van der Waals surface area contributed by atoms with E-state index in [0.717, 1.165) is 0 Å². The molecule has 0 saturated carbocycles. The Morgan fingerprint density at radius 2 is 2.05 bits per heavy atom. The van der Waals surface area contributed by atoms with E-state index in [1.807, 2.05) is 0 Å². The number of benzene rings is 1. The molecule has 0 amide bonds. The molecule has 0 fully saturated rings. The van der Waals surface area contributed by atoms with Crippen molar-refractivity contribution in [2.45, 2.75) is 37.8 Å². The van der Waals surface area contributed by atoms with Crippen molar-refractivity contribution < 1.29 is 17.5 Å². The van der Waals surface area contributed by atoms with Crippen LogP contribution in [0.5, 0.6) is 0 Å². The van der Waals surface area contributed by atoms with Crippen LogP contribution in [0, 0.1) is 12.7 Å². The summed E-state index contributed by atoms with van der Waals surface area (Å²) in [6, 6.07) is 2.56. The van der Waals surface area contributed by atoms with Crippen LogP contribution in [0.2, 0.25) is 0 Å². The van der Waals surface area contributed by atoms with Gasteiger partial charge in [-0.15, -0.1) is 0 Å². The van der Waals surface area contributed by atoms with Crippen molar-refractivity contribution in [2.24, 2.45) is 0 Å². The van der Waals surface area contributed by atoms with Crippen LogP contribution in [0.25, 0.3) is 0 Å². The summed E-state index contributed by atoms with van der Waals surface area (Å²) in [4.78, 5) is -0.0167. The average Bonchev–Trinajstić information content (AvgIpc) is 2.40. The number of sulfonamides is 1. The maximum absolute atomic E-state index is 13.9. The zero-order valence-electron chi connectivity index (χ0n) is 12.9. The van der Waals surface area contributed by atoms with Gasteiger partial charge in [0.05, 0.1) is 4.90 Å². The Bertz CT molecular complexity index is 576. The topological polar surface area (TPSA) is 67.4 Å². The van der Waals surface area contributed by atoms with E-state index in [0.29, 0.717) is 25.1 Å². The van der Waals surface area contributed by atoms with Crippen LogP contribution in [0.1, 0.15) is 24.5 Å². The first-order valence-electron chi connectivity index (χ1n) is 6.76. The number of rotatable bonds is 8. The molecule has 0 saturated heterocycles. The number of ether oxygens (including phenoxy) is 1. The third-order valence-corrected chi connectivity index (χ3v) is 4.85. The molecule has 5 nitrogen and oxygen atoms in total. The van der Waals surface area contributed by atoms with Crippen molar-refractivity contribution in [1.29, 1.82) is 0 Å². The van der Waals surface area contributed by atoms with Crippen LogP contribution >= 0.6 is 0 Å². The first kappa shape index (κ1) is 18.0. The molecule has 0 radical (unpaired) electrons. The summed E-state index contributed by atoms with van der Waals surface area (Å²) in [6.45, 7) is 4.07. The van der Waals surface area contributed by atoms with Gasteiger partial charge >= 0.3 is 0 Å². The molecular formula is C14H23FN2O3S. The molecule has 0 bridgehead atoms. The lowest BCUT2D eigenvalue weighted by atomic mass is 10.1. The van der Waals surface area contributed by atoms with Gasteiger partial charge in [-0.05, 0) is 45.0 Å². The van der Waals surface area contributed by atoms with Crippen molar-refractivity contribution in [3.8, 4) is 0 Å². The predicted octanol–water partition coefficient (Wildman–Crippen LogP) is 1.56. The number of hydrogen-bond donors (Lipinski definition) is 2. The highest BCUT2D eigenvalue weighted by Gasteiger charge is 2.22. The highest BCUT2D eigenvalue weighted by atomic mass is 32.2. The van der Waals surface area contributed by atoms with Crippen molar-refractivity contribution in [3.63, 3.8) is 0 Å². The van der Waals surface area contributed by atoms with Gasteiger partial charge in [0.2, 0.25) is 10.0 Å². The van der Waals surface area contributed by atoms with Gasteiger partial charge in [-0.25, -0.2) is 17.5 Å². The van der Waals surface area contributed by atoms with E-state index in [1.165, 1.54) is 19.1 Å². The molecule has 0 aliphatic rings. The first-order valence-corrected chi connectivity index (χ1v) is 8.25. The first-order chi connectivity index (χ1) is 9.81. The third kappa shape index (κ3) is 5.03. The van der Waals surface area contributed by atoms with Crippen molar-refractivity contribution in [2.75, 3.05) is 20.8 Å². The fraction of sp³-hybridized carbons (Fsp3) is 0.571. The zero-order valence-corrected chi connectivity index (χ0v) is 13.7. The second-order valence-corrected chi connectivity index (χ2v) is 6.72. The second kappa shape index (κ2) is 7.84. The van der Waals surface area contributed by atoms with Crippen LogP contribution in [0.3, 0.4) is 0 Å². The van der Waals surface area contributed by atoms with E-state index in [9.17, 15) is 12.8 Å². The van der Waals surface area contributed by atoms with Crippen molar-refractivity contribution >= 4 is 10.0 Å². The van der Waals surface area contributed by atoms with Crippen molar-refractivity contribution in [1.82, 2.24) is 10.0 Å². The van der Waals surface area contributed by atoms with Gasteiger partial charge in [-0.3, -0.25) is 0 Å². The van der Waals surface area contributed by atoms with Gasteiger partial charge in [0, 0.05) is 31.9 Å². The summed E-state index contributed by atoms with van der Waals surface area (Å²) in [5, 5.41) is 2.88. The number of halogens is 1. The van der Waals surface area contributed by atoms with Gasteiger partial charge in [0.25, 0.3) is 0 Å². The lowest BCUT2D eigenvalue weighted by molar-refractivity contribution is 0.188. The lowest BCUT2D eigenvalue weighted by Gasteiger charge is -2.16. The Hall–Kier alpha value is -1.02. The van der Waals surface area contributed by atoms with E-state index in [-0.39, 0.29) is 16.5 Å². The summed E-state index contributed by atoms with van der Waals surface area (Å²) in [7, 11) is -0.480. The molecule has 0 aliphatic heterocycles. The Morgan fingerprint density at radius 3 is 2.62 bits per heavy atom. The largest absolute Gasteiger partial charge is 0.385 e. The summed E-state index contributed by atoms with van der Waals surface area (Å²) in [5.74, 6) is -0.521. The molecule has 120 valence electrons. The van der Waals surface area contributed by atoms with Crippen LogP contribution in [-0.2, 0) is 21.3 Å². The minimum Gasteiger partial charge on any atom is -0.385 e. The maximum Gasteiger partial charge on any atom is 0.241 e. The van der Waals surface area contributed by atoms with E-state index < -0.39 is 15.8 Å². The molecule has 0 heterocycles. The van der Waals surface area contributed by atoms with Crippen LogP contribution < -0.4 is 10.0 Å². The van der Waals surface area contributed by atoms with Crippen LogP contribution in [0.4, 0.5) is 4.39 Å². The number of methoxy groups -OCH3 is 1. The summed E-state index contributed by atoms with van der Waals surface area (Å²) in [5.41, 5.74) is 0.715. The van der Waals surface area contributed by atoms with Gasteiger partial charge in [0.15, 0.2) is 0 Å². The molecule has 1 atom stereocenters. The highest BCUT2D eigenvalue weighted by Crippen LogP contribution is 2.21. The Labute approximate surface area is 125 Å². The van der Waals surface area contributed by atoms with Crippen LogP contribution in [-0.4, -0.2) is 35.2 Å². The van der Waals surface area contributed by atoms with Gasteiger partial charge in [-0.2, -0.15) is 0 Å². The molecule has 1 rings (SSSR count). The van der Waals surface area contributed by atoms with Gasteiger partial charge < -0.3 is 10.1 Å². The zero-order chi connectivity index (χ0) is 16.0. The number of nitrogens with one attached hydrogen (secondary N) is 2. The quantitative estimate of drug-likeness (QED) is 0.763. The molecule has 21 heavy (non-hydrogen) atoms. The Kier molecular flexibility index (Phi) is 6.73. The average molecular weight is 318 g/mol. The smallest absolute Gasteiger partial charge is 0.241 e. The fourth-order valence-electron chi connectivity index (χ4n) is 1.97. The molecule has 2 N–H and O–H groups in total. The van der Waals surface area contributed by atoms with E-state index in [2.05, 4.69) is 10.0 Å². The molecule has 0 spiro atoms. The molecule has 0 aromatic heterocycles. The lowest BCUT2D eigenvalue weighted by Crippen LogP contribution is -2.34. The fourth-order valence-corrected chi connectivity index (χ4v) is 3.56. The van der Waals surface area contributed by atoms with E-state index in [1.54, 1.807) is 21.1 Å². The molecule has 7 heteroatoms. The molecule has 0 aliphatic carbocycles. The van der Waals surface area contributed by atoms with Crippen molar-refractivity contribution in [3.05, 3.63) is 29.1 Å². The van der Waals surface area contributed by atoms with Gasteiger partial charge in [0.1, 0.15) is 5.82 Å². The predicted molar refractivity (Wildman–Crippen MR) is 80.2 cm³/mol. The summed E-state index contributed by atoms with van der Waals surface area (Å²) < 4.78 is 46.2. The third-order valence-electron chi connectivity index (χ3n) is 3.14. The Balaban J connectivity index is 3.06. The summed E-state index contributed by atoms with van der Waals surface area (Å²) >= 11 is 0. The standard InChI is InChI=1S/C14H23FN2O3S/c1-10(5-6-20-4)17-21(18,19)14-8-12(9-16-3)7-13(15)11(14)2/h7-8,10,16-17H,5-6,9H2,1-4H3. The molecule has 1 unspecified atom stereocenters. The van der Waals surface area contributed by atoms with Crippen LogP contribution in [0.15, 0.2) is 17.0 Å². The summed E-state index contributed by atoms with van der Waals surface area (Å²) in [6.07, 6.45) is 0.549.